The van der Waals surface area contributed by atoms with Gasteiger partial charge < -0.3 is 15.2 Å². The van der Waals surface area contributed by atoms with Crippen molar-refractivity contribution >= 4 is 12.2 Å². The number of alkyl carbamates (subject to hydrolysis) is 1. The van der Waals surface area contributed by atoms with E-state index in [1.807, 2.05) is 30.3 Å². The van der Waals surface area contributed by atoms with Crippen molar-refractivity contribution in [1.82, 2.24) is 5.32 Å². The molecule has 0 radical (unpaired) electrons. The van der Waals surface area contributed by atoms with Crippen LogP contribution in [0.25, 0.3) is 6.08 Å². The Morgan fingerprint density at radius 2 is 2.06 bits per heavy atom. The van der Waals surface area contributed by atoms with Crippen LogP contribution < -0.4 is 5.32 Å². The summed E-state index contributed by atoms with van der Waals surface area (Å²) in [6.45, 7) is 1.71. The molecule has 92 valence electrons. The number of carbonyl (C=O) groups excluding carboxylic acids is 1. The first kappa shape index (κ1) is 13.3. The van der Waals surface area contributed by atoms with Crippen molar-refractivity contribution in [1.29, 1.82) is 0 Å². The third-order valence-electron chi connectivity index (χ3n) is 2.33. The van der Waals surface area contributed by atoms with Crippen molar-refractivity contribution in [2.75, 3.05) is 7.11 Å². The molecule has 1 amide bonds. The number of amides is 1. The first-order valence-corrected chi connectivity index (χ1v) is 5.39. The lowest BCUT2D eigenvalue weighted by molar-refractivity contribution is 0.143. The Labute approximate surface area is 101 Å². The van der Waals surface area contributed by atoms with Crippen LogP contribution in [0.1, 0.15) is 12.5 Å². The Bertz CT molecular complexity index is 376. The fraction of sp³-hybridized carbons (Fsp3) is 0.308. The number of hydrogen-bond acceptors (Lipinski definition) is 3. The topological polar surface area (TPSA) is 58.6 Å². The van der Waals surface area contributed by atoms with Crippen LogP contribution in [0, 0.1) is 0 Å². The monoisotopic (exact) mass is 235 g/mol. The fourth-order valence-corrected chi connectivity index (χ4v) is 1.27. The molecule has 0 aliphatic rings. The molecule has 1 aromatic rings. The van der Waals surface area contributed by atoms with Crippen molar-refractivity contribution in [2.45, 2.75) is 19.1 Å². The lowest BCUT2D eigenvalue weighted by Crippen LogP contribution is -2.40. The van der Waals surface area contributed by atoms with E-state index in [4.69, 9.17) is 0 Å². The largest absolute Gasteiger partial charge is 0.453 e. The maximum atomic E-state index is 10.9. The molecule has 4 nitrogen and oxygen atoms in total. The normalized spacial score (nSPS) is 14.3. The summed E-state index contributed by atoms with van der Waals surface area (Å²) in [6.07, 6.45) is 2.13. The second-order valence-corrected chi connectivity index (χ2v) is 3.68. The van der Waals surface area contributed by atoms with E-state index in [2.05, 4.69) is 10.1 Å². The number of rotatable bonds is 4. The van der Waals surface area contributed by atoms with Gasteiger partial charge in [0, 0.05) is 0 Å². The van der Waals surface area contributed by atoms with Gasteiger partial charge in [-0.25, -0.2) is 4.79 Å². The van der Waals surface area contributed by atoms with E-state index in [1.54, 1.807) is 19.1 Å². The van der Waals surface area contributed by atoms with E-state index in [-0.39, 0.29) is 0 Å². The summed E-state index contributed by atoms with van der Waals surface area (Å²) in [4.78, 5) is 10.9. The highest BCUT2D eigenvalue weighted by Gasteiger charge is 2.13. The maximum Gasteiger partial charge on any atom is 0.407 e. The minimum atomic E-state index is -0.755. The fourth-order valence-electron chi connectivity index (χ4n) is 1.27. The third-order valence-corrected chi connectivity index (χ3v) is 2.33. The molecule has 0 spiro atoms. The zero-order chi connectivity index (χ0) is 12.7. The van der Waals surface area contributed by atoms with E-state index >= 15 is 0 Å². The molecule has 0 heterocycles. The third kappa shape index (κ3) is 4.70. The van der Waals surface area contributed by atoms with Gasteiger partial charge in [-0.2, -0.15) is 0 Å². The molecule has 1 rings (SSSR count). The number of ether oxygens (including phenoxy) is 1. The van der Waals surface area contributed by atoms with Crippen molar-refractivity contribution < 1.29 is 14.6 Å². The summed E-state index contributed by atoms with van der Waals surface area (Å²) < 4.78 is 4.45. The van der Waals surface area contributed by atoms with Gasteiger partial charge in [0.15, 0.2) is 0 Å². The zero-order valence-electron chi connectivity index (χ0n) is 9.96. The van der Waals surface area contributed by atoms with Gasteiger partial charge in [0.2, 0.25) is 0 Å². The first-order valence-electron chi connectivity index (χ1n) is 5.39. The van der Waals surface area contributed by atoms with Gasteiger partial charge in [-0.1, -0.05) is 42.5 Å². The van der Waals surface area contributed by atoms with Crippen molar-refractivity contribution in [3.05, 3.63) is 42.0 Å². The van der Waals surface area contributed by atoms with Crippen LogP contribution in [0.2, 0.25) is 0 Å². The number of aliphatic hydroxyl groups is 1. The molecule has 2 atom stereocenters. The van der Waals surface area contributed by atoms with E-state index in [0.717, 1.165) is 5.56 Å². The minimum Gasteiger partial charge on any atom is -0.453 e. The Balaban J connectivity index is 2.51. The van der Waals surface area contributed by atoms with Crippen LogP contribution in [-0.4, -0.2) is 30.5 Å². The molecule has 0 saturated carbocycles. The quantitative estimate of drug-likeness (QED) is 0.836. The van der Waals surface area contributed by atoms with Gasteiger partial charge >= 0.3 is 6.09 Å². The van der Waals surface area contributed by atoms with E-state index in [1.165, 1.54) is 7.11 Å². The average molecular weight is 235 g/mol. The van der Waals surface area contributed by atoms with Gasteiger partial charge in [0.1, 0.15) is 0 Å². The van der Waals surface area contributed by atoms with Crippen LogP contribution in [0.15, 0.2) is 36.4 Å². The van der Waals surface area contributed by atoms with E-state index < -0.39 is 18.2 Å². The molecule has 1 aromatic carbocycles. The number of benzene rings is 1. The molecular formula is C13H17NO3. The van der Waals surface area contributed by atoms with Crippen molar-refractivity contribution in [2.24, 2.45) is 0 Å². The molecule has 0 fully saturated rings. The number of carbonyl (C=O) groups is 1. The molecule has 0 saturated heterocycles. The zero-order valence-corrected chi connectivity index (χ0v) is 9.96. The summed E-state index contributed by atoms with van der Waals surface area (Å²) in [7, 11) is 1.29. The second-order valence-electron chi connectivity index (χ2n) is 3.68. The van der Waals surface area contributed by atoms with Crippen LogP contribution in [0.3, 0.4) is 0 Å². The van der Waals surface area contributed by atoms with E-state index in [0.29, 0.717) is 0 Å². The molecule has 17 heavy (non-hydrogen) atoms. The van der Waals surface area contributed by atoms with Gasteiger partial charge in [0.05, 0.1) is 19.3 Å². The second kappa shape index (κ2) is 6.70. The Kier molecular flexibility index (Phi) is 5.23. The Hall–Kier alpha value is -1.81. The van der Waals surface area contributed by atoms with Gasteiger partial charge in [0.25, 0.3) is 0 Å². The smallest absolute Gasteiger partial charge is 0.407 e. The minimum absolute atomic E-state index is 0.401. The predicted octanol–water partition coefficient (Wildman–Crippen LogP) is 1.81. The standard InChI is InChI=1S/C13H17NO3/c1-10(14-13(16)17-2)12(15)9-8-11-6-4-3-5-7-11/h3-10,12,15H,1-2H3,(H,14,16)/b9-8+. The summed E-state index contributed by atoms with van der Waals surface area (Å²) >= 11 is 0. The van der Waals surface area contributed by atoms with Crippen molar-refractivity contribution in [3.8, 4) is 0 Å². The number of nitrogens with one attached hydrogen (secondary N) is 1. The summed E-state index contributed by atoms with van der Waals surface area (Å²) in [5.41, 5.74) is 0.997. The van der Waals surface area contributed by atoms with Gasteiger partial charge in [-0.15, -0.1) is 0 Å². The Morgan fingerprint density at radius 3 is 2.65 bits per heavy atom. The molecule has 0 aromatic heterocycles. The number of methoxy groups -OCH3 is 1. The number of hydrogen-bond donors (Lipinski definition) is 2. The highest BCUT2D eigenvalue weighted by atomic mass is 16.5. The average Bonchev–Trinajstić information content (AvgIpc) is 2.36. The summed E-state index contributed by atoms with van der Waals surface area (Å²) in [5, 5.41) is 12.3. The molecule has 2 unspecified atom stereocenters. The van der Waals surface area contributed by atoms with Crippen LogP contribution in [-0.2, 0) is 4.74 Å². The van der Waals surface area contributed by atoms with Crippen LogP contribution in [0.4, 0.5) is 4.79 Å². The molecule has 0 aliphatic carbocycles. The van der Waals surface area contributed by atoms with Crippen LogP contribution in [0.5, 0.6) is 0 Å². The SMILES string of the molecule is COC(=O)NC(C)C(O)/C=C/c1ccccc1. The van der Waals surface area contributed by atoms with Gasteiger partial charge in [-0.3, -0.25) is 0 Å². The van der Waals surface area contributed by atoms with Crippen molar-refractivity contribution in [3.63, 3.8) is 0 Å². The molecule has 4 heteroatoms. The lowest BCUT2D eigenvalue weighted by atomic mass is 10.1. The maximum absolute atomic E-state index is 10.9. The van der Waals surface area contributed by atoms with Crippen LogP contribution >= 0.6 is 0 Å². The van der Waals surface area contributed by atoms with E-state index in [9.17, 15) is 9.90 Å². The molecule has 0 aliphatic heterocycles. The highest BCUT2D eigenvalue weighted by Crippen LogP contribution is 2.04. The lowest BCUT2D eigenvalue weighted by Gasteiger charge is -2.16. The number of aliphatic hydroxyl groups excluding tert-OH is 1. The van der Waals surface area contributed by atoms with Gasteiger partial charge in [-0.05, 0) is 12.5 Å². The summed E-state index contributed by atoms with van der Waals surface area (Å²) in [6, 6.07) is 9.23. The highest BCUT2D eigenvalue weighted by molar-refractivity contribution is 5.67. The first-order chi connectivity index (χ1) is 8.13. The molecule has 0 bridgehead atoms. The molecule has 2 N–H and O–H groups in total. The predicted molar refractivity (Wildman–Crippen MR) is 66.5 cm³/mol. The Morgan fingerprint density at radius 1 is 1.41 bits per heavy atom. The summed E-state index contributed by atoms with van der Waals surface area (Å²) in [5.74, 6) is 0. The molecular weight excluding hydrogens is 218 g/mol.